The second-order valence-electron chi connectivity index (χ2n) is 6.21. The summed E-state index contributed by atoms with van der Waals surface area (Å²) < 4.78 is 15.9. The third-order valence-corrected chi connectivity index (χ3v) is 4.52. The summed E-state index contributed by atoms with van der Waals surface area (Å²) in [5.41, 5.74) is 2.25. The average molecular weight is 420 g/mol. The van der Waals surface area contributed by atoms with Gasteiger partial charge in [0.15, 0.2) is 11.5 Å². The number of carbonyl (C=O) groups excluding carboxylic acids is 1. The zero-order valence-electron chi connectivity index (χ0n) is 16.4. The van der Waals surface area contributed by atoms with Gasteiger partial charge >= 0.3 is 5.97 Å². The number of allylic oxidation sites excluding steroid dienone is 1. The Hall–Kier alpha value is -3.75. The Morgan fingerprint density at radius 1 is 0.933 bits per heavy atom. The lowest BCUT2D eigenvalue weighted by Crippen LogP contribution is -2.09. The number of methoxy groups -OCH3 is 2. The zero-order valence-corrected chi connectivity index (χ0v) is 17.1. The molecule has 0 spiro atoms. The van der Waals surface area contributed by atoms with E-state index in [-0.39, 0.29) is 5.75 Å². The molecule has 0 heterocycles. The first-order valence-electron chi connectivity index (χ1n) is 8.96. The van der Waals surface area contributed by atoms with Crippen molar-refractivity contribution in [2.75, 3.05) is 14.2 Å². The topological polar surface area (TPSA) is 68.5 Å². The van der Waals surface area contributed by atoms with E-state index in [2.05, 4.69) is 6.07 Å². The molecule has 0 aliphatic carbocycles. The number of hydrogen-bond donors (Lipinski definition) is 0. The van der Waals surface area contributed by atoms with Gasteiger partial charge in [-0.3, -0.25) is 0 Å². The van der Waals surface area contributed by atoms with Gasteiger partial charge in [0.1, 0.15) is 5.75 Å². The molecule has 6 heteroatoms. The summed E-state index contributed by atoms with van der Waals surface area (Å²) in [5.74, 6) is 0.773. The van der Waals surface area contributed by atoms with E-state index < -0.39 is 5.97 Å². The fourth-order valence-electron chi connectivity index (χ4n) is 2.75. The maximum absolute atomic E-state index is 12.4. The van der Waals surface area contributed by atoms with E-state index >= 15 is 0 Å². The summed E-state index contributed by atoms with van der Waals surface area (Å²) in [7, 11) is 3.04. The van der Waals surface area contributed by atoms with Crippen LogP contribution in [-0.2, 0) is 0 Å². The highest BCUT2D eigenvalue weighted by atomic mass is 35.5. The molecule has 150 valence electrons. The Labute approximate surface area is 179 Å². The third kappa shape index (κ3) is 4.99. The molecule has 0 atom stereocenters. The van der Waals surface area contributed by atoms with Crippen LogP contribution in [0, 0.1) is 11.3 Å². The van der Waals surface area contributed by atoms with Crippen molar-refractivity contribution in [3.63, 3.8) is 0 Å². The summed E-state index contributed by atoms with van der Waals surface area (Å²) in [6.07, 6.45) is 1.71. The minimum Gasteiger partial charge on any atom is -0.497 e. The van der Waals surface area contributed by atoms with Crippen molar-refractivity contribution in [1.82, 2.24) is 0 Å². The summed E-state index contributed by atoms with van der Waals surface area (Å²) in [4.78, 5) is 12.4. The molecule has 0 fully saturated rings. The third-order valence-electron chi connectivity index (χ3n) is 4.28. The van der Waals surface area contributed by atoms with Crippen molar-refractivity contribution in [2.45, 2.75) is 0 Å². The number of nitriles is 1. The van der Waals surface area contributed by atoms with Crippen molar-refractivity contribution >= 4 is 29.2 Å². The number of hydrogen-bond acceptors (Lipinski definition) is 5. The Bertz CT molecular complexity index is 1130. The summed E-state index contributed by atoms with van der Waals surface area (Å²) in [5, 5.41) is 10.1. The van der Waals surface area contributed by atoms with Crippen molar-refractivity contribution in [3.8, 4) is 23.3 Å². The molecule has 0 aromatic heterocycles. The predicted molar refractivity (Wildman–Crippen MR) is 116 cm³/mol. The van der Waals surface area contributed by atoms with Gasteiger partial charge in [-0.1, -0.05) is 29.8 Å². The van der Waals surface area contributed by atoms with Gasteiger partial charge in [-0.15, -0.1) is 0 Å². The molecule has 3 rings (SSSR count). The highest BCUT2D eigenvalue weighted by Crippen LogP contribution is 2.31. The highest BCUT2D eigenvalue weighted by molar-refractivity contribution is 6.30. The highest BCUT2D eigenvalue weighted by Gasteiger charge is 2.13. The van der Waals surface area contributed by atoms with Gasteiger partial charge < -0.3 is 14.2 Å². The quantitative estimate of drug-likeness (QED) is 0.224. The molecule has 0 saturated heterocycles. The standard InChI is InChI=1S/C24H18ClNO4/c1-28-21-9-7-17(8-10-21)24(27)30-22-11-6-16(13-23(22)29-2)12-19(15-26)18-4-3-5-20(25)14-18/h3-14H,1-2H3/b19-12-. The summed E-state index contributed by atoms with van der Waals surface area (Å²) in [6.45, 7) is 0. The monoisotopic (exact) mass is 419 g/mol. The molecule has 0 aliphatic heterocycles. The van der Waals surface area contributed by atoms with E-state index in [1.54, 1.807) is 73.8 Å². The molecular formula is C24H18ClNO4. The normalized spacial score (nSPS) is 10.8. The van der Waals surface area contributed by atoms with Gasteiger partial charge in [0.25, 0.3) is 0 Å². The van der Waals surface area contributed by atoms with E-state index in [1.807, 2.05) is 6.07 Å². The first kappa shape index (κ1) is 21.0. The fourth-order valence-corrected chi connectivity index (χ4v) is 2.94. The second-order valence-corrected chi connectivity index (χ2v) is 6.64. The second kappa shape index (κ2) is 9.64. The van der Waals surface area contributed by atoms with Crippen LogP contribution in [0.3, 0.4) is 0 Å². The van der Waals surface area contributed by atoms with Gasteiger partial charge in [-0.05, 0) is 65.7 Å². The van der Waals surface area contributed by atoms with E-state index in [0.717, 1.165) is 0 Å². The van der Waals surface area contributed by atoms with Gasteiger partial charge in [-0.25, -0.2) is 4.79 Å². The molecule has 0 saturated carbocycles. The molecule has 3 aromatic rings. The van der Waals surface area contributed by atoms with Crippen LogP contribution in [0.4, 0.5) is 0 Å². The lowest BCUT2D eigenvalue weighted by Gasteiger charge is -2.10. The van der Waals surface area contributed by atoms with E-state index in [1.165, 1.54) is 7.11 Å². The molecule has 0 radical (unpaired) electrons. The lowest BCUT2D eigenvalue weighted by atomic mass is 10.0. The number of carbonyl (C=O) groups is 1. The van der Waals surface area contributed by atoms with Crippen LogP contribution < -0.4 is 14.2 Å². The largest absolute Gasteiger partial charge is 0.497 e. The number of benzene rings is 3. The Morgan fingerprint density at radius 3 is 2.33 bits per heavy atom. The van der Waals surface area contributed by atoms with Crippen LogP contribution in [0.15, 0.2) is 66.7 Å². The van der Waals surface area contributed by atoms with Gasteiger partial charge in [0, 0.05) is 5.02 Å². The van der Waals surface area contributed by atoms with Gasteiger partial charge in [0.2, 0.25) is 0 Å². The molecule has 0 bridgehead atoms. The molecule has 0 unspecified atom stereocenters. The number of halogens is 1. The van der Waals surface area contributed by atoms with Crippen LogP contribution in [-0.4, -0.2) is 20.2 Å². The Kier molecular flexibility index (Phi) is 6.74. The molecule has 5 nitrogen and oxygen atoms in total. The van der Waals surface area contributed by atoms with E-state index in [4.69, 9.17) is 25.8 Å². The average Bonchev–Trinajstić information content (AvgIpc) is 2.78. The van der Waals surface area contributed by atoms with Crippen LogP contribution in [0.25, 0.3) is 11.6 Å². The molecule has 30 heavy (non-hydrogen) atoms. The van der Waals surface area contributed by atoms with Crippen molar-refractivity contribution in [1.29, 1.82) is 5.26 Å². The SMILES string of the molecule is COc1ccc(C(=O)Oc2ccc(/C=C(/C#N)c3cccc(Cl)c3)cc2OC)cc1. The zero-order chi connectivity index (χ0) is 21.5. The molecular weight excluding hydrogens is 402 g/mol. The number of esters is 1. The van der Waals surface area contributed by atoms with E-state index in [0.29, 0.717) is 38.8 Å². The van der Waals surface area contributed by atoms with Crippen molar-refractivity contribution in [2.24, 2.45) is 0 Å². The number of rotatable bonds is 6. The van der Waals surface area contributed by atoms with Crippen molar-refractivity contribution in [3.05, 3.63) is 88.4 Å². The summed E-state index contributed by atoms with van der Waals surface area (Å²) >= 11 is 6.02. The minimum absolute atomic E-state index is 0.275. The molecule has 0 aliphatic rings. The van der Waals surface area contributed by atoms with Crippen LogP contribution >= 0.6 is 11.6 Å². The maximum Gasteiger partial charge on any atom is 0.343 e. The molecule has 0 N–H and O–H groups in total. The predicted octanol–water partition coefficient (Wildman–Crippen LogP) is 5.64. The molecule has 3 aromatic carbocycles. The van der Waals surface area contributed by atoms with Gasteiger partial charge in [-0.2, -0.15) is 5.26 Å². The summed E-state index contributed by atoms with van der Waals surface area (Å²) in [6, 6.07) is 20.9. The number of nitrogens with zero attached hydrogens (tertiary/aromatic N) is 1. The first-order valence-corrected chi connectivity index (χ1v) is 9.34. The number of ether oxygens (including phenoxy) is 3. The first-order chi connectivity index (χ1) is 14.5. The van der Waals surface area contributed by atoms with Gasteiger partial charge in [0.05, 0.1) is 31.4 Å². The molecule has 0 amide bonds. The van der Waals surface area contributed by atoms with Crippen molar-refractivity contribution < 1.29 is 19.0 Å². The lowest BCUT2D eigenvalue weighted by molar-refractivity contribution is 0.0729. The van der Waals surface area contributed by atoms with Crippen LogP contribution in [0.5, 0.6) is 17.2 Å². The fraction of sp³-hybridized carbons (Fsp3) is 0.0833. The Balaban J connectivity index is 1.85. The van der Waals surface area contributed by atoms with E-state index in [9.17, 15) is 10.1 Å². The van der Waals surface area contributed by atoms with Crippen LogP contribution in [0.2, 0.25) is 5.02 Å². The Morgan fingerprint density at radius 2 is 1.70 bits per heavy atom. The van der Waals surface area contributed by atoms with Crippen LogP contribution in [0.1, 0.15) is 21.5 Å². The maximum atomic E-state index is 12.4. The smallest absolute Gasteiger partial charge is 0.343 e. The minimum atomic E-state index is -0.518.